The van der Waals surface area contributed by atoms with Crippen molar-refractivity contribution in [1.82, 2.24) is 9.78 Å². The Morgan fingerprint density at radius 1 is 1.38 bits per heavy atom. The molecule has 2 aromatic rings. The van der Waals surface area contributed by atoms with Crippen molar-refractivity contribution in [3.8, 4) is 5.75 Å². The highest BCUT2D eigenvalue weighted by Gasteiger charge is 2.19. The molecule has 1 aromatic heterocycles. The Balaban J connectivity index is 2.60. The first-order chi connectivity index (χ1) is 9.97. The van der Waals surface area contributed by atoms with Crippen LogP contribution in [0.4, 0.5) is 0 Å². The number of methoxy groups -OCH3 is 1. The van der Waals surface area contributed by atoms with Crippen LogP contribution in [0.15, 0.2) is 29.1 Å². The van der Waals surface area contributed by atoms with Crippen molar-refractivity contribution in [2.45, 2.75) is 26.4 Å². The average molecular weight is 308 g/mol. The van der Waals surface area contributed by atoms with Crippen molar-refractivity contribution in [3.63, 3.8) is 0 Å². The Kier molecular flexibility index (Phi) is 4.65. The van der Waals surface area contributed by atoms with Crippen LogP contribution < -0.4 is 16.0 Å². The van der Waals surface area contributed by atoms with Crippen LogP contribution in [0, 0.1) is 6.92 Å². The Morgan fingerprint density at radius 2 is 2.10 bits per heavy atom. The lowest BCUT2D eigenvalue weighted by atomic mass is 9.99. The number of nitrogens with two attached hydrogens (primary N) is 1. The number of halogens is 1. The highest BCUT2D eigenvalue weighted by molar-refractivity contribution is 6.30. The molecular formula is C15H18ClN3O2. The molecule has 1 heterocycles. The lowest BCUT2D eigenvalue weighted by Gasteiger charge is -2.17. The quantitative estimate of drug-likeness (QED) is 0.941. The van der Waals surface area contributed by atoms with Crippen LogP contribution in [0.1, 0.15) is 29.8 Å². The fourth-order valence-electron chi connectivity index (χ4n) is 2.25. The van der Waals surface area contributed by atoms with Gasteiger partial charge in [0.1, 0.15) is 5.75 Å². The van der Waals surface area contributed by atoms with Gasteiger partial charge in [-0.05, 0) is 38.1 Å². The van der Waals surface area contributed by atoms with Crippen LogP contribution in [0.3, 0.4) is 0 Å². The largest absolute Gasteiger partial charge is 0.496 e. The summed E-state index contributed by atoms with van der Waals surface area (Å²) in [6.45, 7) is 4.19. The number of aromatic nitrogens is 2. The van der Waals surface area contributed by atoms with Crippen LogP contribution in [-0.2, 0) is 6.54 Å². The summed E-state index contributed by atoms with van der Waals surface area (Å²) in [5, 5.41) is 4.72. The van der Waals surface area contributed by atoms with E-state index >= 15 is 0 Å². The molecule has 0 radical (unpaired) electrons. The summed E-state index contributed by atoms with van der Waals surface area (Å²) in [7, 11) is 1.56. The second-order valence-electron chi connectivity index (χ2n) is 4.73. The molecule has 0 spiro atoms. The van der Waals surface area contributed by atoms with Crippen LogP contribution >= 0.6 is 11.6 Å². The molecule has 0 fully saturated rings. The molecule has 1 atom stereocenters. The van der Waals surface area contributed by atoms with Crippen molar-refractivity contribution >= 4 is 11.6 Å². The van der Waals surface area contributed by atoms with Gasteiger partial charge < -0.3 is 10.5 Å². The van der Waals surface area contributed by atoms with Crippen LogP contribution in [-0.4, -0.2) is 16.9 Å². The zero-order valence-corrected chi connectivity index (χ0v) is 13.0. The zero-order valence-electron chi connectivity index (χ0n) is 12.3. The van der Waals surface area contributed by atoms with Gasteiger partial charge in [-0.1, -0.05) is 11.6 Å². The van der Waals surface area contributed by atoms with E-state index in [1.165, 1.54) is 4.68 Å². The van der Waals surface area contributed by atoms with Crippen molar-refractivity contribution in [2.75, 3.05) is 7.11 Å². The fourth-order valence-corrected chi connectivity index (χ4v) is 2.43. The van der Waals surface area contributed by atoms with Gasteiger partial charge >= 0.3 is 0 Å². The maximum absolute atomic E-state index is 12.4. The summed E-state index contributed by atoms with van der Waals surface area (Å²) >= 11 is 6.03. The molecule has 0 amide bonds. The number of aryl methyl sites for hydroxylation is 2. The summed E-state index contributed by atoms with van der Waals surface area (Å²) in [4.78, 5) is 12.4. The maximum Gasteiger partial charge on any atom is 0.271 e. The van der Waals surface area contributed by atoms with E-state index in [2.05, 4.69) is 5.10 Å². The molecule has 1 unspecified atom stereocenters. The van der Waals surface area contributed by atoms with E-state index in [4.69, 9.17) is 22.1 Å². The van der Waals surface area contributed by atoms with Gasteiger partial charge in [-0.25, -0.2) is 4.68 Å². The molecular weight excluding hydrogens is 290 g/mol. The van der Waals surface area contributed by atoms with E-state index in [-0.39, 0.29) is 5.56 Å². The first kappa shape index (κ1) is 15.5. The van der Waals surface area contributed by atoms with Gasteiger partial charge in [-0.3, -0.25) is 4.79 Å². The predicted molar refractivity (Wildman–Crippen MR) is 82.9 cm³/mol. The molecule has 6 heteroatoms. The molecule has 0 bridgehead atoms. The molecule has 5 nitrogen and oxygen atoms in total. The average Bonchev–Trinajstić information content (AvgIpc) is 2.48. The van der Waals surface area contributed by atoms with Crippen molar-refractivity contribution in [2.24, 2.45) is 5.73 Å². The molecule has 2 rings (SSSR count). The number of hydrogen-bond acceptors (Lipinski definition) is 4. The minimum atomic E-state index is -0.620. The van der Waals surface area contributed by atoms with E-state index in [1.54, 1.807) is 31.4 Å². The Hall–Kier alpha value is -1.85. The van der Waals surface area contributed by atoms with E-state index in [0.717, 1.165) is 5.69 Å². The smallest absolute Gasteiger partial charge is 0.271 e. The summed E-state index contributed by atoms with van der Waals surface area (Å²) in [5.41, 5.74) is 7.97. The molecule has 0 saturated carbocycles. The minimum Gasteiger partial charge on any atom is -0.496 e. The highest BCUT2D eigenvalue weighted by Crippen LogP contribution is 2.29. The van der Waals surface area contributed by atoms with Crippen LogP contribution in [0.25, 0.3) is 0 Å². The third-order valence-electron chi connectivity index (χ3n) is 3.29. The summed E-state index contributed by atoms with van der Waals surface area (Å²) in [6.07, 6.45) is 0. The summed E-state index contributed by atoms with van der Waals surface area (Å²) in [6, 6.07) is 6.27. The van der Waals surface area contributed by atoms with Crippen molar-refractivity contribution in [3.05, 3.63) is 56.5 Å². The zero-order chi connectivity index (χ0) is 15.6. The van der Waals surface area contributed by atoms with Gasteiger partial charge in [0.25, 0.3) is 5.56 Å². The summed E-state index contributed by atoms with van der Waals surface area (Å²) < 4.78 is 6.71. The number of nitrogens with zero attached hydrogens (tertiary/aromatic N) is 2. The molecule has 0 saturated heterocycles. The van der Waals surface area contributed by atoms with Crippen molar-refractivity contribution < 1.29 is 4.74 Å². The number of rotatable bonds is 4. The van der Waals surface area contributed by atoms with E-state index in [9.17, 15) is 4.79 Å². The fraction of sp³-hybridized carbons (Fsp3) is 0.333. The van der Waals surface area contributed by atoms with Crippen LogP contribution in [0.2, 0.25) is 5.02 Å². The highest BCUT2D eigenvalue weighted by atomic mass is 35.5. The van der Waals surface area contributed by atoms with Crippen LogP contribution in [0.5, 0.6) is 5.75 Å². The topological polar surface area (TPSA) is 70.1 Å². The van der Waals surface area contributed by atoms with E-state index < -0.39 is 6.04 Å². The minimum absolute atomic E-state index is 0.197. The molecule has 2 N–H and O–H groups in total. The third kappa shape index (κ3) is 3.09. The maximum atomic E-state index is 12.4. The standard InChI is InChI=1S/C15H18ClN3O2/c1-4-19-15(20)12(7-9(2)18-19)14(17)11-8-10(16)5-6-13(11)21-3/h5-8,14H,4,17H2,1-3H3. The SMILES string of the molecule is CCn1nc(C)cc(C(N)c2cc(Cl)ccc2OC)c1=O. The van der Waals surface area contributed by atoms with Gasteiger partial charge in [0.05, 0.1) is 18.8 Å². The Labute approximate surface area is 128 Å². The number of ether oxygens (including phenoxy) is 1. The van der Waals surface area contributed by atoms with Gasteiger partial charge in [0, 0.05) is 22.7 Å². The van der Waals surface area contributed by atoms with Gasteiger partial charge in [-0.2, -0.15) is 5.10 Å². The van der Waals surface area contributed by atoms with Gasteiger partial charge in [-0.15, -0.1) is 0 Å². The Morgan fingerprint density at radius 3 is 2.71 bits per heavy atom. The lowest BCUT2D eigenvalue weighted by Crippen LogP contribution is -2.30. The molecule has 0 aliphatic carbocycles. The first-order valence-corrected chi connectivity index (χ1v) is 7.03. The van der Waals surface area contributed by atoms with E-state index in [1.807, 2.05) is 13.8 Å². The Bertz CT molecular complexity index is 713. The predicted octanol–water partition coefficient (Wildman–Crippen LogP) is 2.28. The van der Waals surface area contributed by atoms with Gasteiger partial charge in [0.15, 0.2) is 0 Å². The lowest BCUT2D eigenvalue weighted by molar-refractivity contribution is 0.407. The van der Waals surface area contributed by atoms with E-state index in [0.29, 0.717) is 28.4 Å². The normalized spacial score (nSPS) is 12.2. The third-order valence-corrected chi connectivity index (χ3v) is 3.52. The molecule has 21 heavy (non-hydrogen) atoms. The number of hydrogen-bond donors (Lipinski definition) is 1. The molecule has 112 valence electrons. The van der Waals surface area contributed by atoms with Crippen molar-refractivity contribution in [1.29, 1.82) is 0 Å². The van der Waals surface area contributed by atoms with Gasteiger partial charge in [0.2, 0.25) is 0 Å². The summed E-state index contributed by atoms with van der Waals surface area (Å²) in [5.74, 6) is 0.601. The molecule has 0 aliphatic rings. The monoisotopic (exact) mass is 307 g/mol. The second-order valence-corrected chi connectivity index (χ2v) is 5.16. The molecule has 1 aromatic carbocycles. The number of benzene rings is 1. The second kappa shape index (κ2) is 6.28. The molecule has 0 aliphatic heterocycles. The first-order valence-electron chi connectivity index (χ1n) is 6.65.